The van der Waals surface area contributed by atoms with Gasteiger partial charge in [-0.15, -0.1) is 0 Å². The van der Waals surface area contributed by atoms with Gasteiger partial charge in [0.1, 0.15) is 0 Å². The van der Waals surface area contributed by atoms with Crippen molar-refractivity contribution < 1.29 is 0 Å². The van der Waals surface area contributed by atoms with E-state index in [2.05, 4.69) is 50.3 Å². The Hall–Kier alpha value is -0.780. The molecule has 0 aliphatic rings. The minimum Gasteiger partial charge on any atom is -0.0845 e. The van der Waals surface area contributed by atoms with Crippen LogP contribution in [-0.4, -0.2) is 0 Å². The third kappa shape index (κ3) is 15.2. The van der Waals surface area contributed by atoms with Crippen molar-refractivity contribution in [3.63, 3.8) is 0 Å². The van der Waals surface area contributed by atoms with Crippen molar-refractivity contribution in [2.45, 2.75) is 64.7 Å². The molecule has 1 radical (unpaired) electrons. The van der Waals surface area contributed by atoms with Crippen LogP contribution >= 0.6 is 0 Å². The zero-order valence-electron chi connectivity index (χ0n) is 11.5. The van der Waals surface area contributed by atoms with Crippen LogP contribution < -0.4 is 0 Å². The molecule has 0 N–H and O–H groups in total. The van der Waals surface area contributed by atoms with Gasteiger partial charge in [0.25, 0.3) is 0 Å². The fourth-order valence-electron chi connectivity index (χ4n) is 1.61. The summed E-state index contributed by atoms with van der Waals surface area (Å²) in [5.41, 5.74) is 0. The first-order valence-corrected chi connectivity index (χ1v) is 7.19. The molecular weight excluding hydrogens is 204 g/mol. The van der Waals surface area contributed by atoms with Gasteiger partial charge >= 0.3 is 0 Å². The van der Waals surface area contributed by atoms with Crippen LogP contribution in [-0.2, 0) is 0 Å². The van der Waals surface area contributed by atoms with Gasteiger partial charge in [-0.25, -0.2) is 0 Å². The highest BCUT2D eigenvalue weighted by Gasteiger charge is 1.87. The standard InChI is InChI=1S/C17H29/c1-3-5-7-9-11-13-15-17-16-14-12-10-8-6-4-2/h8,10,12,14,16-17H,1,3-7,9,11,13,15H2,2H3/b10-8+,14-12+,17-16+. The van der Waals surface area contributed by atoms with E-state index in [1.807, 2.05) is 0 Å². The molecule has 0 rings (SSSR count). The van der Waals surface area contributed by atoms with Crippen LogP contribution in [0.2, 0.25) is 0 Å². The van der Waals surface area contributed by atoms with Crippen molar-refractivity contribution >= 4 is 0 Å². The number of allylic oxidation sites excluding steroid dienone is 6. The van der Waals surface area contributed by atoms with Gasteiger partial charge in [0.05, 0.1) is 0 Å². The minimum atomic E-state index is 1.09. The molecule has 0 aromatic carbocycles. The molecule has 0 spiro atoms. The summed E-state index contributed by atoms with van der Waals surface area (Å²) in [7, 11) is 0. The molecular formula is C17H29. The van der Waals surface area contributed by atoms with Gasteiger partial charge in [-0.3, -0.25) is 0 Å². The molecule has 0 aromatic heterocycles. The van der Waals surface area contributed by atoms with Gasteiger partial charge in [0, 0.05) is 0 Å². The Balaban J connectivity index is 3.24. The lowest BCUT2D eigenvalue weighted by Gasteiger charge is -1.97. The first-order chi connectivity index (χ1) is 8.41. The average molecular weight is 233 g/mol. The van der Waals surface area contributed by atoms with E-state index in [4.69, 9.17) is 0 Å². The Kier molecular flexibility index (Phi) is 14.5. The number of unbranched alkanes of at least 4 members (excludes halogenated alkanes) is 7. The molecule has 0 atom stereocenters. The fraction of sp³-hybridized carbons (Fsp3) is 0.588. The first kappa shape index (κ1) is 16.2. The molecule has 0 heterocycles. The van der Waals surface area contributed by atoms with E-state index in [1.165, 1.54) is 51.4 Å². The van der Waals surface area contributed by atoms with E-state index in [-0.39, 0.29) is 0 Å². The van der Waals surface area contributed by atoms with Crippen molar-refractivity contribution in [2.75, 3.05) is 0 Å². The highest BCUT2D eigenvalue weighted by Crippen LogP contribution is 2.06. The molecule has 0 aliphatic carbocycles. The second-order valence-corrected chi connectivity index (χ2v) is 4.44. The lowest BCUT2D eigenvalue weighted by atomic mass is 10.1. The van der Waals surface area contributed by atoms with Crippen LogP contribution in [0.4, 0.5) is 0 Å². The summed E-state index contributed by atoms with van der Waals surface area (Å²) in [5.74, 6) is 0. The van der Waals surface area contributed by atoms with Crippen LogP contribution in [0.3, 0.4) is 0 Å². The Morgan fingerprint density at radius 2 is 1.29 bits per heavy atom. The topological polar surface area (TPSA) is 0 Å². The first-order valence-electron chi connectivity index (χ1n) is 7.19. The van der Waals surface area contributed by atoms with E-state index < -0.39 is 0 Å². The van der Waals surface area contributed by atoms with Crippen LogP contribution in [0.5, 0.6) is 0 Å². The maximum atomic E-state index is 3.86. The van der Waals surface area contributed by atoms with E-state index in [1.54, 1.807) is 0 Å². The van der Waals surface area contributed by atoms with E-state index >= 15 is 0 Å². The SMILES string of the molecule is [CH2]CCCCCCC/C=C/C=C/C=C/CCC. The molecule has 0 aromatic rings. The number of hydrogen-bond donors (Lipinski definition) is 0. The van der Waals surface area contributed by atoms with E-state index in [9.17, 15) is 0 Å². The summed E-state index contributed by atoms with van der Waals surface area (Å²) in [4.78, 5) is 0. The van der Waals surface area contributed by atoms with Gasteiger partial charge in [-0.05, 0) is 19.3 Å². The van der Waals surface area contributed by atoms with Crippen LogP contribution in [0, 0.1) is 6.92 Å². The van der Waals surface area contributed by atoms with Crippen LogP contribution in [0.15, 0.2) is 36.5 Å². The summed E-state index contributed by atoms with van der Waals surface area (Å²) in [5, 5.41) is 0. The molecule has 17 heavy (non-hydrogen) atoms. The predicted molar refractivity (Wildman–Crippen MR) is 80.0 cm³/mol. The lowest BCUT2D eigenvalue weighted by molar-refractivity contribution is 0.621. The summed E-state index contributed by atoms with van der Waals surface area (Å²) < 4.78 is 0. The van der Waals surface area contributed by atoms with Crippen molar-refractivity contribution in [3.05, 3.63) is 43.4 Å². The smallest absolute Gasteiger partial charge is 0.0348 e. The minimum absolute atomic E-state index is 1.09. The maximum absolute atomic E-state index is 3.86. The lowest BCUT2D eigenvalue weighted by Crippen LogP contribution is -1.77. The monoisotopic (exact) mass is 233 g/mol. The highest BCUT2D eigenvalue weighted by molar-refractivity contribution is 5.10. The van der Waals surface area contributed by atoms with Crippen molar-refractivity contribution in [1.29, 1.82) is 0 Å². The summed E-state index contributed by atoms with van der Waals surface area (Å²) >= 11 is 0. The van der Waals surface area contributed by atoms with E-state index in [0.29, 0.717) is 0 Å². The maximum Gasteiger partial charge on any atom is -0.0348 e. The normalized spacial score (nSPS) is 12.4. The second-order valence-electron chi connectivity index (χ2n) is 4.44. The molecule has 0 saturated heterocycles. The third-order valence-electron chi connectivity index (χ3n) is 2.68. The summed E-state index contributed by atoms with van der Waals surface area (Å²) in [6, 6.07) is 0. The highest BCUT2D eigenvalue weighted by atomic mass is 13.9. The molecule has 0 bridgehead atoms. The summed E-state index contributed by atoms with van der Waals surface area (Å²) in [6.07, 6.45) is 24.4. The third-order valence-corrected chi connectivity index (χ3v) is 2.68. The molecule has 0 nitrogen and oxygen atoms in total. The zero-order chi connectivity index (χ0) is 12.6. The molecule has 0 amide bonds. The van der Waals surface area contributed by atoms with Gasteiger partial charge < -0.3 is 0 Å². The Morgan fingerprint density at radius 3 is 1.94 bits per heavy atom. The van der Waals surface area contributed by atoms with Crippen LogP contribution in [0.1, 0.15) is 64.7 Å². The Labute approximate surface area is 109 Å². The Morgan fingerprint density at radius 1 is 0.706 bits per heavy atom. The Bertz CT molecular complexity index is 208. The van der Waals surface area contributed by atoms with Gasteiger partial charge in [-0.1, -0.05) is 88.8 Å². The number of hydrogen-bond acceptors (Lipinski definition) is 0. The van der Waals surface area contributed by atoms with E-state index in [0.717, 1.165) is 6.42 Å². The molecule has 0 aliphatic heterocycles. The molecule has 0 unspecified atom stereocenters. The fourth-order valence-corrected chi connectivity index (χ4v) is 1.61. The quantitative estimate of drug-likeness (QED) is 0.302. The predicted octanol–water partition coefficient (Wildman–Crippen LogP) is 6.02. The molecule has 0 fully saturated rings. The molecule has 0 saturated carbocycles. The van der Waals surface area contributed by atoms with Crippen molar-refractivity contribution in [1.82, 2.24) is 0 Å². The number of rotatable bonds is 11. The van der Waals surface area contributed by atoms with Gasteiger partial charge in [-0.2, -0.15) is 0 Å². The van der Waals surface area contributed by atoms with Crippen LogP contribution in [0.25, 0.3) is 0 Å². The van der Waals surface area contributed by atoms with Crippen molar-refractivity contribution in [2.24, 2.45) is 0 Å². The molecule has 0 heteroatoms. The zero-order valence-corrected chi connectivity index (χ0v) is 11.5. The van der Waals surface area contributed by atoms with Gasteiger partial charge in [0.2, 0.25) is 0 Å². The second kappa shape index (κ2) is 15.2. The largest absolute Gasteiger partial charge is 0.0845 e. The molecule has 97 valence electrons. The van der Waals surface area contributed by atoms with Crippen molar-refractivity contribution in [3.8, 4) is 0 Å². The van der Waals surface area contributed by atoms with Gasteiger partial charge in [0.15, 0.2) is 0 Å². The summed E-state index contributed by atoms with van der Waals surface area (Å²) in [6.45, 7) is 6.06. The average Bonchev–Trinajstić information content (AvgIpc) is 2.35.